The molecular weight excluding hydrogens is 236 g/mol. The molecule has 2 rings (SSSR count). The molecule has 0 radical (unpaired) electrons. The topological polar surface area (TPSA) is 73.6 Å². The van der Waals surface area contributed by atoms with E-state index in [9.17, 15) is 10.1 Å². The highest BCUT2D eigenvalue weighted by atomic mass is 16.7. The van der Waals surface area contributed by atoms with Gasteiger partial charge in [-0.3, -0.25) is 10.1 Å². The second kappa shape index (κ2) is 4.36. The minimum atomic E-state index is -0.424. The predicted octanol–water partition coefficient (Wildman–Crippen LogP) is 2.78. The van der Waals surface area contributed by atoms with Gasteiger partial charge in [-0.15, -0.1) is 0 Å². The maximum Gasteiger partial charge on any atom is 0.296 e. The van der Waals surface area contributed by atoms with Gasteiger partial charge in [-0.05, 0) is 5.41 Å². The first kappa shape index (κ1) is 12.5. The number of rotatable bonds is 3. The van der Waals surface area contributed by atoms with Crippen LogP contribution in [-0.2, 0) is 0 Å². The zero-order valence-electron chi connectivity index (χ0n) is 10.6. The number of anilines is 1. The van der Waals surface area contributed by atoms with E-state index < -0.39 is 4.92 Å². The van der Waals surface area contributed by atoms with Gasteiger partial charge in [-0.1, -0.05) is 20.8 Å². The molecule has 0 aliphatic carbocycles. The van der Waals surface area contributed by atoms with Crippen LogP contribution in [0.3, 0.4) is 0 Å². The molecule has 0 saturated carbocycles. The molecule has 6 heteroatoms. The summed E-state index contributed by atoms with van der Waals surface area (Å²) in [4.78, 5) is 10.6. The molecule has 0 fully saturated rings. The second-order valence-corrected chi connectivity index (χ2v) is 5.39. The lowest BCUT2D eigenvalue weighted by Crippen LogP contribution is -2.19. The Balaban J connectivity index is 2.30. The van der Waals surface area contributed by atoms with Gasteiger partial charge < -0.3 is 14.8 Å². The highest BCUT2D eigenvalue weighted by Gasteiger charge is 2.24. The lowest BCUT2D eigenvalue weighted by molar-refractivity contribution is -0.384. The molecule has 0 spiro atoms. The van der Waals surface area contributed by atoms with Crippen molar-refractivity contribution in [2.45, 2.75) is 20.8 Å². The fourth-order valence-electron chi connectivity index (χ4n) is 1.58. The Morgan fingerprint density at radius 1 is 1.33 bits per heavy atom. The van der Waals surface area contributed by atoms with Gasteiger partial charge in [0.2, 0.25) is 6.79 Å². The van der Waals surface area contributed by atoms with E-state index in [-0.39, 0.29) is 17.9 Å². The van der Waals surface area contributed by atoms with Crippen LogP contribution in [0.15, 0.2) is 12.1 Å². The standard InChI is InChI=1S/C12H16N2O4/c1-12(2,3)6-13-8-4-10-11(18-7-17-10)5-9(8)14(15)16/h4-5,13H,6-7H2,1-3H3. The zero-order chi connectivity index (χ0) is 13.3. The summed E-state index contributed by atoms with van der Waals surface area (Å²) in [7, 11) is 0. The molecular formula is C12H16N2O4. The molecule has 0 aromatic heterocycles. The van der Waals surface area contributed by atoms with Gasteiger partial charge in [0.1, 0.15) is 5.69 Å². The Bertz CT molecular complexity index is 480. The van der Waals surface area contributed by atoms with Gasteiger partial charge in [-0.2, -0.15) is 0 Å². The maximum atomic E-state index is 11.0. The summed E-state index contributed by atoms with van der Waals surface area (Å²) in [6.45, 7) is 6.90. The number of nitro groups is 1. The SMILES string of the molecule is CC(C)(C)CNc1cc2c(cc1[N+](=O)[O-])OCO2. The minimum absolute atomic E-state index is 0.00324. The first-order chi connectivity index (χ1) is 8.37. The number of ether oxygens (including phenoxy) is 2. The van der Waals surface area contributed by atoms with Crippen LogP contribution in [0.2, 0.25) is 0 Å². The summed E-state index contributed by atoms with van der Waals surface area (Å²) in [5, 5.41) is 14.1. The van der Waals surface area contributed by atoms with E-state index in [0.717, 1.165) is 0 Å². The van der Waals surface area contributed by atoms with Crippen LogP contribution in [0.25, 0.3) is 0 Å². The number of benzene rings is 1. The Kier molecular flexibility index (Phi) is 3.02. The van der Waals surface area contributed by atoms with Crippen molar-refractivity contribution in [1.82, 2.24) is 0 Å². The van der Waals surface area contributed by atoms with Gasteiger partial charge in [0, 0.05) is 12.6 Å². The fraction of sp³-hybridized carbons (Fsp3) is 0.500. The highest BCUT2D eigenvalue weighted by Crippen LogP contribution is 2.40. The van der Waals surface area contributed by atoms with Crippen molar-refractivity contribution in [2.75, 3.05) is 18.7 Å². The van der Waals surface area contributed by atoms with Crippen LogP contribution in [0.4, 0.5) is 11.4 Å². The molecule has 0 bridgehead atoms. The van der Waals surface area contributed by atoms with E-state index >= 15 is 0 Å². The molecule has 1 heterocycles. The van der Waals surface area contributed by atoms with Crippen molar-refractivity contribution in [3.63, 3.8) is 0 Å². The lowest BCUT2D eigenvalue weighted by Gasteiger charge is -2.19. The molecule has 1 aromatic carbocycles. The number of hydrogen-bond acceptors (Lipinski definition) is 5. The number of nitro benzene ring substituents is 1. The normalized spacial score (nSPS) is 13.5. The summed E-state index contributed by atoms with van der Waals surface area (Å²) in [6.07, 6.45) is 0. The fourth-order valence-corrected chi connectivity index (χ4v) is 1.58. The molecule has 0 atom stereocenters. The first-order valence-electron chi connectivity index (χ1n) is 5.69. The van der Waals surface area contributed by atoms with E-state index in [0.29, 0.717) is 23.7 Å². The van der Waals surface area contributed by atoms with Crippen LogP contribution >= 0.6 is 0 Å². The summed E-state index contributed by atoms with van der Waals surface area (Å²) in [5.74, 6) is 0.958. The molecule has 0 amide bonds. The summed E-state index contributed by atoms with van der Waals surface area (Å²) >= 11 is 0. The third kappa shape index (κ3) is 2.64. The quantitative estimate of drug-likeness (QED) is 0.661. The van der Waals surface area contributed by atoms with E-state index in [1.807, 2.05) is 0 Å². The molecule has 1 N–H and O–H groups in total. The summed E-state index contributed by atoms with van der Waals surface area (Å²) in [5.41, 5.74) is 0.493. The maximum absolute atomic E-state index is 11.0. The van der Waals surface area contributed by atoms with Crippen molar-refractivity contribution < 1.29 is 14.4 Å². The van der Waals surface area contributed by atoms with Crippen molar-refractivity contribution in [1.29, 1.82) is 0 Å². The molecule has 1 aliphatic heterocycles. The van der Waals surface area contributed by atoms with Gasteiger partial charge in [-0.25, -0.2) is 0 Å². The van der Waals surface area contributed by atoms with Gasteiger partial charge >= 0.3 is 0 Å². The Morgan fingerprint density at radius 3 is 2.50 bits per heavy atom. The van der Waals surface area contributed by atoms with Crippen molar-refractivity contribution in [2.24, 2.45) is 5.41 Å². The first-order valence-corrected chi connectivity index (χ1v) is 5.69. The Morgan fingerprint density at radius 2 is 1.94 bits per heavy atom. The van der Waals surface area contributed by atoms with E-state index in [1.165, 1.54) is 6.07 Å². The molecule has 18 heavy (non-hydrogen) atoms. The molecule has 6 nitrogen and oxygen atoms in total. The third-order valence-corrected chi connectivity index (χ3v) is 2.50. The minimum Gasteiger partial charge on any atom is -0.454 e. The number of nitrogens with zero attached hydrogens (tertiary/aromatic N) is 1. The van der Waals surface area contributed by atoms with E-state index in [1.54, 1.807) is 6.07 Å². The van der Waals surface area contributed by atoms with Crippen LogP contribution in [0.5, 0.6) is 11.5 Å². The largest absolute Gasteiger partial charge is 0.454 e. The van der Waals surface area contributed by atoms with Gasteiger partial charge in [0.25, 0.3) is 5.69 Å². The smallest absolute Gasteiger partial charge is 0.296 e. The monoisotopic (exact) mass is 252 g/mol. The van der Waals surface area contributed by atoms with Crippen LogP contribution in [-0.4, -0.2) is 18.3 Å². The Hall–Kier alpha value is -1.98. The average Bonchev–Trinajstić information content (AvgIpc) is 2.70. The van der Waals surface area contributed by atoms with E-state index in [4.69, 9.17) is 9.47 Å². The number of fused-ring (bicyclic) bond motifs is 1. The molecule has 1 aliphatic rings. The lowest BCUT2D eigenvalue weighted by atomic mass is 9.97. The average molecular weight is 252 g/mol. The predicted molar refractivity (Wildman–Crippen MR) is 67.2 cm³/mol. The van der Waals surface area contributed by atoms with Crippen LogP contribution in [0, 0.1) is 15.5 Å². The van der Waals surface area contributed by atoms with Gasteiger partial charge in [0.15, 0.2) is 11.5 Å². The summed E-state index contributed by atoms with van der Waals surface area (Å²) in [6, 6.07) is 3.01. The zero-order valence-corrected chi connectivity index (χ0v) is 10.6. The van der Waals surface area contributed by atoms with Crippen molar-refractivity contribution in [3.8, 4) is 11.5 Å². The molecule has 1 aromatic rings. The second-order valence-electron chi connectivity index (χ2n) is 5.39. The van der Waals surface area contributed by atoms with Crippen LogP contribution < -0.4 is 14.8 Å². The van der Waals surface area contributed by atoms with Crippen molar-refractivity contribution >= 4 is 11.4 Å². The third-order valence-electron chi connectivity index (χ3n) is 2.50. The van der Waals surface area contributed by atoms with Gasteiger partial charge in [0.05, 0.1) is 11.0 Å². The summed E-state index contributed by atoms with van der Waals surface area (Å²) < 4.78 is 10.4. The van der Waals surface area contributed by atoms with Crippen LogP contribution in [0.1, 0.15) is 20.8 Å². The van der Waals surface area contributed by atoms with Crippen molar-refractivity contribution in [3.05, 3.63) is 22.2 Å². The Labute approximate surface area is 105 Å². The highest BCUT2D eigenvalue weighted by molar-refractivity contribution is 5.69. The van der Waals surface area contributed by atoms with E-state index in [2.05, 4.69) is 26.1 Å². The number of nitrogens with one attached hydrogen (secondary N) is 1. The number of hydrogen-bond donors (Lipinski definition) is 1. The molecule has 98 valence electrons. The molecule has 0 unspecified atom stereocenters. The molecule has 0 saturated heterocycles.